The highest BCUT2D eigenvalue weighted by Crippen LogP contribution is 2.23. The molecule has 1 aliphatic heterocycles. The molecule has 142 valence electrons. The minimum atomic E-state index is -0.330. The third kappa shape index (κ3) is 5.59. The highest BCUT2D eigenvalue weighted by Gasteiger charge is 2.24. The topological polar surface area (TPSA) is 48.0 Å². The van der Waals surface area contributed by atoms with Crippen molar-refractivity contribution >= 4 is 12.0 Å². The molecule has 2 aromatic carbocycles. The number of nitrogens with zero attached hydrogens (tertiary/aromatic N) is 1. The third-order valence-electron chi connectivity index (χ3n) is 4.55. The van der Waals surface area contributed by atoms with Crippen molar-refractivity contribution in [2.75, 3.05) is 27.3 Å². The summed E-state index contributed by atoms with van der Waals surface area (Å²) < 4.78 is 16.1. The molecule has 0 aromatic heterocycles. The van der Waals surface area contributed by atoms with E-state index in [-0.39, 0.29) is 12.1 Å². The number of ether oxygens (including phenoxy) is 3. The first-order chi connectivity index (χ1) is 13.2. The Labute approximate surface area is 160 Å². The van der Waals surface area contributed by atoms with E-state index < -0.39 is 0 Å². The van der Waals surface area contributed by atoms with Crippen LogP contribution in [0, 0.1) is 0 Å². The minimum absolute atomic E-state index is 0.0642. The average Bonchev–Trinajstić information content (AvgIpc) is 3.13. The highest BCUT2D eigenvalue weighted by molar-refractivity contribution is 5.87. The normalized spacial score (nSPS) is 17.2. The van der Waals surface area contributed by atoms with Crippen LogP contribution in [0.2, 0.25) is 0 Å². The zero-order chi connectivity index (χ0) is 19.1. The molecule has 0 N–H and O–H groups in total. The molecule has 5 heteroatoms. The third-order valence-corrected chi connectivity index (χ3v) is 4.55. The van der Waals surface area contributed by atoms with Gasteiger partial charge in [0, 0.05) is 31.8 Å². The lowest BCUT2D eigenvalue weighted by Gasteiger charge is -2.15. The fourth-order valence-corrected chi connectivity index (χ4v) is 3.17. The minimum Gasteiger partial charge on any atom is -0.497 e. The van der Waals surface area contributed by atoms with Crippen molar-refractivity contribution in [1.29, 1.82) is 0 Å². The molecule has 0 radical (unpaired) electrons. The van der Waals surface area contributed by atoms with E-state index in [0.29, 0.717) is 11.5 Å². The van der Waals surface area contributed by atoms with Gasteiger partial charge in [-0.2, -0.15) is 0 Å². The van der Waals surface area contributed by atoms with Gasteiger partial charge in [0.25, 0.3) is 0 Å². The average molecular weight is 367 g/mol. The largest absolute Gasteiger partial charge is 0.497 e. The monoisotopic (exact) mass is 367 g/mol. The van der Waals surface area contributed by atoms with Crippen LogP contribution in [0.4, 0.5) is 0 Å². The van der Waals surface area contributed by atoms with Gasteiger partial charge in [-0.3, -0.25) is 4.90 Å². The van der Waals surface area contributed by atoms with Gasteiger partial charge in [-0.25, -0.2) is 4.79 Å². The van der Waals surface area contributed by atoms with E-state index in [1.807, 2.05) is 30.3 Å². The first-order valence-electron chi connectivity index (χ1n) is 9.04. The second-order valence-corrected chi connectivity index (χ2v) is 6.55. The Hall–Kier alpha value is -2.79. The molecule has 0 bridgehead atoms. The maximum atomic E-state index is 12.2. The van der Waals surface area contributed by atoms with Crippen LogP contribution in [0.5, 0.6) is 11.5 Å². The maximum absolute atomic E-state index is 12.2. The first-order valence-corrected chi connectivity index (χ1v) is 9.04. The quantitative estimate of drug-likeness (QED) is 0.553. The number of rotatable bonds is 7. The molecule has 0 aliphatic carbocycles. The Balaban J connectivity index is 1.51. The molecule has 1 fully saturated rings. The number of benzene rings is 2. The van der Waals surface area contributed by atoms with Gasteiger partial charge in [-0.15, -0.1) is 0 Å². The number of likely N-dealkylation sites (tertiary alicyclic amines) is 1. The van der Waals surface area contributed by atoms with Gasteiger partial charge in [0.2, 0.25) is 0 Å². The summed E-state index contributed by atoms with van der Waals surface area (Å²) in [5.41, 5.74) is 2.09. The summed E-state index contributed by atoms with van der Waals surface area (Å²) in [5, 5.41) is 0. The Morgan fingerprint density at radius 2 is 1.81 bits per heavy atom. The summed E-state index contributed by atoms with van der Waals surface area (Å²) in [7, 11) is 3.19. The number of methoxy groups -OCH3 is 2. The molecule has 2 aromatic rings. The zero-order valence-corrected chi connectivity index (χ0v) is 15.8. The lowest BCUT2D eigenvalue weighted by Crippen LogP contribution is -2.24. The van der Waals surface area contributed by atoms with E-state index in [4.69, 9.17) is 14.2 Å². The first kappa shape index (κ1) is 19.0. The lowest BCUT2D eigenvalue weighted by atomic mass is 10.2. The predicted octanol–water partition coefficient (Wildman–Crippen LogP) is 3.53. The van der Waals surface area contributed by atoms with Crippen molar-refractivity contribution in [3.63, 3.8) is 0 Å². The second kappa shape index (κ2) is 9.24. The van der Waals surface area contributed by atoms with Crippen molar-refractivity contribution in [3.8, 4) is 11.5 Å². The zero-order valence-electron chi connectivity index (χ0n) is 15.8. The van der Waals surface area contributed by atoms with E-state index >= 15 is 0 Å². The molecular formula is C22H25NO4. The van der Waals surface area contributed by atoms with Crippen LogP contribution >= 0.6 is 0 Å². The highest BCUT2D eigenvalue weighted by atomic mass is 16.5. The predicted molar refractivity (Wildman–Crippen MR) is 105 cm³/mol. The molecule has 1 atom stereocenters. The number of esters is 1. The number of hydrogen-bond acceptors (Lipinski definition) is 5. The van der Waals surface area contributed by atoms with E-state index in [0.717, 1.165) is 31.6 Å². The molecule has 1 aliphatic rings. The van der Waals surface area contributed by atoms with Crippen LogP contribution in [0.15, 0.2) is 54.6 Å². The Morgan fingerprint density at radius 3 is 2.48 bits per heavy atom. The molecule has 5 nitrogen and oxygen atoms in total. The van der Waals surface area contributed by atoms with Crippen molar-refractivity contribution in [2.45, 2.75) is 19.1 Å². The van der Waals surface area contributed by atoms with Crippen LogP contribution in [-0.4, -0.2) is 44.3 Å². The number of hydrogen-bond donors (Lipinski definition) is 0. The maximum Gasteiger partial charge on any atom is 0.331 e. The Morgan fingerprint density at radius 1 is 1.11 bits per heavy atom. The molecule has 1 heterocycles. The SMILES string of the molecule is COc1cc(/C=C/C(=O)O[C@@H]2CCN(Cc3ccccc3)C2)cc(OC)c1. The van der Waals surface area contributed by atoms with Crippen LogP contribution in [0.1, 0.15) is 17.5 Å². The van der Waals surface area contributed by atoms with Gasteiger partial charge in [0.05, 0.1) is 14.2 Å². The number of carbonyl (C=O) groups excluding carboxylic acids is 1. The molecule has 27 heavy (non-hydrogen) atoms. The van der Waals surface area contributed by atoms with Gasteiger partial charge in [-0.05, 0) is 35.8 Å². The van der Waals surface area contributed by atoms with Crippen LogP contribution in [-0.2, 0) is 16.1 Å². The molecule has 3 rings (SSSR count). The molecule has 0 unspecified atom stereocenters. The van der Waals surface area contributed by atoms with E-state index in [9.17, 15) is 4.79 Å². The summed E-state index contributed by atoms with van der Waals surface area (Å²) in [6.07, 6.45) is 3.96. The molecule has 0 amide bonds. The Bertz CT molecular complexity index is 766. The van der Waals surface area contributed by atoms with E-state index in [1.165, 1.54) is 11.6 Å². The summed E-state index contributed by atoms with van der Waals surface area (Å²) in [6.45, 7) is 2.58. The van der Waals surface area contributed by atoms with Gasteiger partial charge in [-0.1, -0.05) is 30.3 Å². The van der Waals surface area contributed by atoms with E-state index in [2.05, 4.69) is 17.0 Å². The summed E-state index contributed by atoms with van der Waals surface area (Å²) >= 11 is 0. The molecule has 0 spiro atoms. The Kier molecular flexibility index (Phi) is 6.49. The molecule has 1 saturated heterocycles. The van der Waals surface area contributed by atoms with Crippen LogP contribution in [0.25, 0.3) is 6.08 Å². The van der Waals surface area contributed by atoms with Crippen molar-refractivity contribution in [1.82, 2.24) is 4.90 Å². The molecular weight excluding hydrogens is 342 g/mol. The summed E-state index contributed by atoms with van der Waals surface area (Å²) in [6, 6.07) is 15.8. The van der Waals surface area contributed by atoms with Crippen LogP contribution < -0.4 is 9.47 Å². The summed E-state index contributed by atoms with van der Waals surface area (Å²) in [5.74, 6) is 1.02. The molecule has 0 saturated carbocycles. The van der Waals surface area contributed by atoms with Crippen molar-refractivity contribution < 1.29 is 19.0 Å². The smallest absolute Gasteiger partial charge is 0.331 e. The van der Waals surface area contributed by atoms with Gasteiger partial charge >= 0.3 is 5.97 Å². The fourth-order valence-electron chi connectivity index (χ4n) is 3.17. The standard InChI is InChI=1S/C22H25NO4/c1-25-20-12-18(13-21(14-20)26-2)8-9-22(24)27-19-10-11-23(16-19)15-17-6-4-3-5-7-17/h3-9,12-14,19H,10-11,15-16H2,1-2H3/b9-8+/t19-/m1/s1. The second-order valence-electron chi connectivity index (χ2n) is 6.55. The van der Waals surface area contributed by atoms with Crippen molar-refractivity contribution in [3.05, 3.63) is 65.7 Å². The lowest BCUT2D eigenvalue weighted by molar-refractivity contribution is -0.142. The van der Waals surface area contributed by atoms with Gasteiger partial charge in [0.1, 0.15) is 17.6 Å². The van der Waals surface area contributed by atoms with Crippen molar-refractivity contribution in [2.24, 2.45) is 0 Å². The summed E-state index contributed by atoms with van der Waals surface area (Å²) in [4.78, 5) is 14.5. The van der Waals surface area contributed by atoms with Gasteiger partial charge in [0.15, 0.2) is 0 Å². The van der Waals surface area contributed by atoms with Gasteiger partial charge < -0.3 is 14.2 Å². The number of carbonyl (C=O) groups is 1. The van der Waals surface area contributed by atoms with E-state index in [1.54, 1.807) is 26.4 Å². The fraction of sp³-hybridized carbons (Fsp3) is 0.318. The van der Waals surface area contributed by atoms with Crippen LogP contribution in [0.3, 0.4) is 0 Å².